The molecule has 3 N–H and O–H groups in total. The Morgan fingerprint density at radius 1 is 0.360 bits per heavy atom. The molecule has 2 atom stereocenters. The first kappa shape index (κ1) is 73.6. The maximum atomic E-state index is 12.5. The van der Waals surface area contributed by atoms with Crippen LogP contribution in [0.25, 0.3) is 0 Å². The van der Waals surface area contributed by atoms with Crippen molar-refractivity contribution in [2.75, 3.05) is 13.2 Å². The van der Waals surface area contributed by atoms with Crippen molar-refractivity contribution >= 4 is 11.9 Å². The Hall–Kier alpha value is -1.40. The van der Waals surface area contributed by atoms with E-state index in [1.165, 1.54) is 315 Å². The number of carbonyl (C=O) groups excluding carboxylic acids is 2. The van der Waals surface area contributed by atoms with Crippen LogP contribution in [0.15, 0.2) is 12.2 Å². The zero-order chi connectivity index (χ0) is 54.3. The van der Waals surface area contributed by atoms with Gasteiger partial charge in [-0.05, 0) is 51.4 Å². The second-order valence-corrected chi connectivity index (χ2v) is 23.9. The highest BCUT2D eigenvalue weighted by molar-refractivity contribution is 5.76. The molecule has 75 heavy (non-hydrogen) atoms. The minimum absolute atomic E-state index is 0.0116. The SMILES string of the molecule is CCCCCC/C=C\CCCCCCCC(=O)OCCCCCCCCCCCCCCCCCCCCCCCCCCCCCCCCC(=O)NC(CO)C(O)CCCCCCCCCCCCCCCCC. The summed E-state index contributed by atoms with van der Waals surface area (Å²) in [5.74, 6) is -0.0163. The molecule has 0 bridgehead atoms. The number of nitrogens with one attached hydrogen (secondary N) is 1. The van der Waals surface area contributed by atoms with Crippen LogP contribution in [-0.2, 0) is 14.3 Å². The Morgan fingerprint density at radius 3 is 0.960 bits per heavy atom. The Morgan fingerprint density at radius 2 is 0.627 bits per heavy atom. The average molecular weight is 1060 g/mol. The van der Waals surface area contributed by atoms with Crippen LogP contribution in [0.5, 0.6) is 0 Å². The lowest BCUT2D eigenvalue weighted by atomic mass is 10.0. The van der Waals surface area contributed by atoms with E-state index in [4.69, 9.17) is 4.74 Å². The van der Waals surface area contributed by atoms with Gasteiger partial charge in [-0.15, -0.1) is 0 Å². The van der Waals surface area contributed by atoms with Crippen LogP contribution in [0, 0.1) is 0 Å². The lowest BCUT2D eigenvalue weighted by Gasteiger charge is -2.22. The fraction of sp³-hybridized carbons (Fsp3) is 0.942. The van der Waals surface area contributed by atoms with Crippen LogP contribution >= 0.6 is 0 Å². The first-order chi connectivity index (χ1) is 37.0. The molecule has 0 radical (unpaired) electrons. The highest BCUT2D eigenvalue weighted by Gasteiger charge is 2.20. The summed E-state index contributed by atoms with van der Waals surface area (Å²) in [5, 5.41) is 23.3. The number of amides is 1. The lowest BCUT2D eigenvalue weighted by molar-refractivity contribution is -0.143. The van der Waals surface area contributed by atoms with Gasteiger partial charge in [-0.2, -0.15) is 0 Å². The van der Waals surface area contributed by atoms with E-state index in [0.29, 0.717) is 25.9 Å². The molecule has 6 heteroatoms. The number of aliphatic hydroxyl groups excluding tert-OH is 2. The summed E-state index contributed by atoms with van der Waals surface area (Å²) in [6.07, 6.45) is 79.7. The molecular weight excluding hydrogens is 923 g/mol. The zero-order valence-corrected chi connectivity index (χ0v) is 51.1. The van der Waals surface area contributed by atoms with Crippen LogP contribution < -0.4 is 5.32 Å². The van der Waals surface area contributed by atoms with Crippen molar-refractivity contribution in [2.45, 2.75) is 405 Å². The zero-order valence-electron chi connectivity index (χ0n) is 51.1. The summed E-state index contributed by atoms with van der Waals surface area (Å²) < 4.78 is 5.48. The lowest BCUT2D eigenvalue weighted by Crippen LogP contribution is -2.45. The van der Waals surface area contributed by atoms with E-state index >= 15 is 0 Å². The molecule has 0 aromatic heterocycles. The van der Waals surface area contributed by atoms with Gasteiger partial charge in [-0.25, -0.2) is 0 Å². The van der Waals surface area contributed by atoms with Crippen LogP contribution in [-0.4, -0.2) is 47.4 Å². The first-order valence-corrected chi connectivity index (χ1v) is 34.4. The largest absolute Gasteiger partial charge is 0.466 e. The average Bonchev–Trinajstić information content (AvgIpc) is 3.41. The van der Waals surface area contributed by atoms with E-state index in [0.717, 1.165) is 44.9 Å². The molecule has 0 spiro atoms. The summed E-state index contributed by atoms with van der Waals surface area (Å²) in [6.45, 7) is 4.97. The van der Waals surface area contributed by atoms with E-state index in [-0.39, 0.29) is 18.5 Å². The fourth-order valence-electron chi connectivity index (χ4n) is 11.1. The molecule has 0 aliphatic rings. The molecule has 0 saturated heterocycles. The summed E-state index contributed by atoms with van der Waals surface area (Å²) in [6, 6.07) is -0.537. The number of hydrogen-bond acceptors (Lipinski definition) is 5. The maximum absolute atomic E-state index is 12.5. The number of ether oxygens (including phenoxy) is 1. The maximum Gasteiger partial charge on any atom is 0.305 e. The number of unbranched alkanes of at least 4 members (excludes halogenated alkanes) is 52. The summed E-state index contributed by atoms with van der Waals surface area (Å²) in [5.41, 5.74) is 0. The molecule has 1 amide bonds. The van der Waals surface area contributed by atoms with Gasteiger partial charge in [0.25, 0.3) is 0 Å². The quantitative estimate of drug-likeness (QED) is 0.0320. The highest BCUT2D eigenvalue weighted by Crippen LogP contribution is 2.19. The molecule has 0 rings (SSSR count). The van der Waals surface area contributed by atoms with Gasteiger partial charge in [-0.1, -0.05) is 341 Å². The minimum Gasteiger partial charge on any atom is -0.466 e. The molecular formula is C69H135NO5. The predicted octanol–water partition coefficient (Wildman–Crippen LogP) is 22.0. The van der Waals surface area contributed by atoms with Crippen molar-refractivity contribution in [2.24, 2.45) is 0 Å². The van der Waals surface area contributed by atoms with Gasteiger partial charge in [0, 0.05) is 12.8 Å². The number of hydrogen-bond donors (Lipinski definition) is 3. The number of carbonyl (C=O) groups is 2. The highest BCUT2D eigenvalue weighted by atomic mass is 16.5. The topological polar surface area (TPSA) is 95.9 Å². The molecule has 0 saturated carbocycles. The number of esters is 1. The van der Waals surface area contributed by atoms with E-state index in [9.17, 15) is 19.8 Å². The van der Waals surface area contributed by atoms with Gasteiger partial charge in [0.2, 0.25) is 5.91 Å². The molecule has 0 fully saturated rings. The monoisotopic (exact) mass is 1060 g/mol. The first-order valence-electron chi connectivity index (χ1n) is 34.4. The fourth-order valence-corrected chi connectivity index (χ4v) is 11.1. The third-order valence-electron chi connectivity index (χ3n) is 16.3. The van der Waals surface area contributed by atoms with E-state index in [1.807, 2.05) is 0 Å². The summed E-state index contributed by atoms with van der Waals surface area (Å²) in [4.78, 5) is 24.5. The normalized spacial score (nSPS) is 12.5. The second kappa shape index (κ2) is 65.1. The summed E-state index contributed by atoms with van der Waals surface area (Å²) in [7, 11) is 0. The van der Waals surface area contributed by atoms with Gasteiger partial charge in [0.1, 0.15) is 0 Å². The van der Waals surface area contributed by atoms with Crippen LogP contribution in [0.3, 0.4) is 0 Å². The van der Waals surface area contributed by atoms with Crippen LogP contribution in [0.4, 0.5) is 0 Å². The van der Waals surface area contributed by atoms with Crippen molar-refractivity contribution in [3.63, 3.8) is 0 Å². The third kappa shape index (κ3) is 61.7. The standard InChI is InChI=1S/C69H135NO5/c1-3-5-7-9-11-13-15-17-34-38-41-45-49-53-57-61-67(72)66(65-71)70-68(73)62-58-54-50-46-42-39-35-32-30-28-26-24-22-20-18-19-21-23-25-27-29-31-33-36-40-44-48-52-56-60-64-75-69(74)63-59-55-51-47-43-37-16-14-12-10-8-6-4-2/h14,16,66-67,71-72H,3-13,15,17-65H2,1-2H3,(H,70,73)/b16-14-. The van der Waals surface area contributed by atoms with Crippen molar-refractivity contribution in [1.29, 1.82) is 0 Å². The van der Waals surface area contributed by atoms with Crippen molar-refractivity contribution in [3.8, 4) is 0 Å². The smallest absolute Gasteiger partial charge is 0.305 e. The number of aliphatic hydroxyl groups is 2. The second-order valence-electron chi connectivity index (χ2n) is 23.9. The van der Waals surface area contributed by atoms with Gasteiger partial charge >= 0.3 is 5.97 Å². The Labute approximate surface area is 469 Å². The van der Waals surface area contributed by atoms with E-state index < -0.39 is 12.1 Å². The van der Waals surface area contributed by atoms with Gasteiger partial charge in [-0.3, -0.25) is 9.59 Å². The number of rotatable bonds is 65. The van der Waals surface area contributed by atoms with Gasteiger partial charge in [0.05, 0.1) is 25.4 Å². The number of allylic oxidation sites excluding steroid dienone is 2. The van der Waals surface area contributed by atoms with Crippen molar-refractivity contribution < 1.29 is 24.5 Å². The van der Waals surface area contributed by atoms with Gasteiger partial charge in [0.15, 0.2) is 0 Å². The van der Waals surface area contributed by atoms with E-state index in [2.05, 4.69) is 31.3 Å². The molecule has 0 aromatic carbocycles. The Balaban J connectivity index is 3.32. The molecule has 0 heterocycles. The molecule has 6 nitrogen and oxygen atoms in total. The molecule has 446 valence electrons. The summed E-state index contributed by atoms with van der Waals surface area (Å²) >= 11 is 0. The van der Waals surface area contributed by atoms with Crippen molar-refractivity contribution in [1.82, 2.24) is 5.32 Å². The van der Waals surface area contributed by atoms with Crippen LogP contribution in [0.2, 0.25) is 0 Å². The van der Waals surface area contributed by atoms with Gasteiger partial charge < -0.3 is 20.3 Å². The molecule has 0 aliphatic carbocycles. The predicted molar refractivity (Wildman–Crippen MR) is 329 cm³/mol. The van der Waals surface area contributed by atoms with E-state index in [1.54, 1.807) is 0 Å². The minimum atomic E-state index is -0.660. The third-order valence-corrected chi connectivity index (χ3v) is 16.3. The Kier molecular flexibility index (Phi) is 63.9. The molecule has 2 unspecified atom stereocenters. The Bertz CT molecular complexity index is 1130. The molecule has 0 aliphatic heterocycles. The van der Waals surface area contributed by atoms with Crippen LogP contribution in [0.1, 0.15) is 393 Å². The molecule has 0 aromatic rings. The van der Waals surface area contributed by atoms with Crippen molar-refractivity contribution in [3.05, 3.63) is 12.2 Å².